The molecule has 0 saturated heterocycles. The average molecular weight is 211 g/mol. The number of nitrogens with zero attached hydrogens (tertiary/aromatic N) is 2. The van der Waals surface area contributed by atoms with Gasteiger partial charge in [-0.3, -0.25) is 0 Å². The Morgan fingerprint density at radius 1 is 1.27 bits per heavy atom. The predicted molar refractivity (Wildman–Crippen MR) is 59.6 cm³/mol. The quantitative estimate of drug-likeness (QED) is 0.704. The first-order chi connectivity index (χ1) is 7.31. The van der Waals surface area contributed by atoms with Gasteiger partial charge in [0.1, 0.15) is 0 Å². The molecular weight excluding hydrogens is 190 g/mol. The van der Waals surface area contributed by atoms with Crippen LogP contribution >= 0.6 is 0 Å². The predicted octanol–water partition coefficient (Wildman–Crippen LogP) is 2.47. The minimum absolute atomic E-state index is 0.192. The van der Waals surface area contributed by atoms with Crippen molar-refractivity contribution in [2.24, 2.45) is 0 Å². The van der Waals surface area contributed by atoms with Gasteiger partial charge in [-0.1, -0.05) is 26.7 Å². The summed E-state index contributed by atoms with van der Waals surface area (Å²) >= 11 is 0. The van der Waals surface area contributed by atoms with E-state index in [-0.39, 0.29) is 6.04 Å². The van der Waals surface area contributed by atoms with Crippen LogP contribution in [0.1, 0.15) is 57.4 Å². The number of rotatable bonds is 7. The maximum atomic E-state index is 5.59. The first-order valence-electron chi connectivity index (χ1n) is 5.81. The highest BCUT2D eigenvalue weighted by atomic mass is 16.4. The molecule has 15 heavy (non-hydrogen) atoms. The molecule has 1 N–H and O–H groups in total. The lowest BCUT2D eigenvalue weighted by Crippen LogP contribution is -2.15. The van der Waals surface area contributed by atoms with Gasteiger partial charge in [-0.25, -0.2) is 0 Å². The van der Waals surface area contributed by atoms with Crippen molar-refractivity contribution in [2.45, 2.75) is 52.0 Å². The topological polar surface area (TPSA) is 51.0 Å². The van der Waals surface area contributed by atoms with E-state index in [2.05, 4.69) is 29.4 Å². The van der Waals surface area contributed by atoms with Gasteiger partial charge in [0.2, 0.25) is 11.8 Å². The summed E-state index contributed by atoms with van der Waals surface area (Å²) in [6.07, 6.45) is 5.44. The molecule has 0 aromatic carbocycles. The molecule has 86 valence electrons. The van der Waals surface area contributed by atoms with E-state index in [0.29, 0.717) is 5.89 Å². The second-order valence-electron chi connectivity index (χ2n) is 3.74. The molecule has 1 aromatic rings. The third kappa shape index (κ3) is 3.63. The van der Waals surface area contributed by atoms with Gasteiger partial charge >= 0.3 is 0 Å². The number of aryl methyl sites for hydroxylation is 1. The Bertz CT molecular complexity index is 269. The maximum Gasteiger partial charge on any atom is 0.233 e. The Morgan fingerprint density at radius 3 is 2.67 bits per heavy atom. The molecule has 1 aromatic heterocycles. The monoisotopic (exact) mass is 211 g/mol. The van der Waals surface area contributed by atoms with Crippen LogP contribution in [0.4, 0.5) is 0 Å². The third-order valence-corrected chi connectivity index (χ3v) is 2.53. The molecule has 0 spiro atoms. The Balaban J connectivity index is 2.47. The van der Waals surface area contributed by atoms with Crippen molar-refractivity contribution >= 4 is 0 Å². The summed E-state index contributed by atoms with van der Waals surface area (Å²) in [7, 11) is 1.91. The van der Waals surface area contributed by atoms with Crippen LogP contribution in [0.2, 0.25) is 0 Å². The number of unbranched alkanes of at least 4 members (excludes halogenated alkanes) is 2. The Labute approximate surface area is 91.5 Å². The van der Waals surface area contributed by atoms with Crippen molar-refractivity contribution < 1.29 is 4.42 Å². The van der Waals surface area contributed by atoms with Gasteiger partial charge in [0.25, 0.3) is 0 Å². The molecule has 0 aliphatic rings. The zero-order valence-corrected chi connectivity index (χ0v) is 9.92. The fraction of sp³-hybridized carbons (Fsp3) is 0.818. The maximum absolute atomic E-state index is 5.59. The lowest BCUT2D eigenvalue weighted by molar-refractivity contribution is 0.383. The fourth-order valence-electron chi connectivity index (χ4n) is 1.54. The van der Waals surface area contributed by atoms with Crippen LogP contribution in [0.3, 0.4) is 0 Å². The fourth-order valence-corrected chi connectivity index (χ4v) is 1.54. The molecule has 0 bridgehead atoms. The van der Waals surface area contributed by atoms with Crippen LogP contribution in [-0.4, -0.2) is 17.2 Å². The van der Waals surface area contributed by atoms with Crippen molar-refractivity contribution in [2.75, 3.05) is 7.05 Å². The molecule has 4 heteroatoms. The first kappa shape index (κ1) is 12.2. The summed E-state index contributed by atoms with van der Waals surface area (Å²) in [4.78, 5) is 0. The van der Waals surface area contributed by atoms with E-state index in [4.69, 9.17) is 4.42 Å². The second-order valence-corrected chi connectivity index (χ2v) is 3.74. The normalized spacial score (nSPS) is 13.0. The van der Waals surface area contributed by atoms with E-state index in [9.17, 15) is 0 Å². The standard InChI is InChI=1S/C11H21N3O/c1-4-6-7-8-10-13-14-11(15-10)9(5-2)12-3/h9,12H,4-8H2,1-3H3. The van der Waals surface area contributed by atoms with E-state index < -0.39 is 0 Å². The number of aromatic nitrogens is 2. The first-order valence-corrected chi connectivity index (χ1v) is 5.81. The molecule has 0 aliphatic carbocycles. The molecule has 1 unspecified atom stereocenters. The van der Waals surface area contributed by atoms with Crippen molar-refractivity contribution in [1.82, 2.24) is 15.5 Å². The molecule has 1 atom stereocenters. The van der Waals surface area contributed by atoms with Crippen LogP contribution in [0.15, 0.2) is 4.42 Å². The van der Waals surface area contributed by atoms with E-state index in [1.807, 2.05) is 7.05 Å². The van der Waals surface area contributed by atoms with Crippen molar-refractivity contribution in [3.63, 3.8) is 0 Å². The highest BCUT2D eigenvalue weighted by Crippen LogP contribution is 2.15. The van der Waals surface area contributed by atoms with Crippen molar-refractivity contribution in [3.05, 3.63) is 11.8 Å². The minimum atomic E-state index is 0.192. The van der Waals surface area contributed by atoms with E-state index in [1.165, 1.54) is 12.8 Å². The van der Waals surface area contributed by atoms with Gasteiger partial charge in [-0.05, 0) is 19.9 Å². The lowest BCUT2D eigenvalue weighted by atomic mass is 10.2. The Morgan fingerprint density at radius 2 is 2.07 bits per heavy atom. The van der Waals surface area contributed by atoms with Gasteiger partial charge in [-0.15, -0.1) is 10.2 Å². The molecule has 0 amide bonds. The largest absolute Gasteiger partial charge is 0.424 e. The summed E-state index contributed by atoms with van der Waals surface area (Å²) in [5.41, 5.74) is 0. The highest BCUT2D eigenvalue weighted by Gasteiger charge is 2.14. The summed E-state index contributed by atoms with van der Waals surface area (Å²) < 4.78 is 5.59. The molecule has 1 heterocycles. The van der Waals surface area contributed by atoms with Crippen molar-refractivity contribution in [1.29, 1.82) is 0 Å². The summed E-state index contributed by atoms with van der Waals surface area (Å²) in [5, 5.41) is 11.3. The van der Waals surface area contributed by atoms with Gasteiger partial charge in [0.15, 0.2) is 0 Å². The van der Waals surface area contributed by atoms with Crippen LogP contribution in [0.25, 0.3) is 0 Å². The van der Waals surface area contributed by atoms with Crippen LogP contribution in [0, 0.1) is 0 Å². The lowest BCUT2D eigenvalue weighted by Gasteiger charge is -2.07. The zero-order valence-electron chi connectivity index (χ0n) is 9.92. The average Bonchev–Trinajstić information content (AvgIpc) is 2.69. The van der Waals surface area contributed by atoms with Crippen LogP contribution in [0.5, 0.6) is 0 Å². The van der Waals surface area contributed by atoms with E-state index >= 15 is 0 Å². The van der Waals surface area contributed by atoms with Crippen LogP contribution < -0.4 is 5.32 Å². The number of hydrogen-bond acceptors (Lipinski definition) is 4. The highest BCUT2D eigenvalue weighted by molar-refractivity contribution is 4.89. The number of nitrogens with one attached hydrogen (secondary N) is 1. The van der Waals surface area contributed by atoms with Crippen molar-refractivity contribution in [3.8, 4) is 0 Å². The van der Waals surface area contributed by atoms with Gasteiger partial charge in [0.05, 0.1) is 6.04 Å². The Kier molecular flexibility index (Phi) is 5.32. The SMILES string of the molecule is CCCCCc1nnc(C(CC)NC)o1. The molecule has 0 aliphatic heterocycles. The van der Waals surface area contributed by atoms with E-state index in [1.54, 1.807) is 0 Å². The van der Waals surface area contributed by atoms with Gasteiger partial charge < -0.3 is 9.73 Å². The summed E-state index contributed by atoms with van der Waals surface area (Å²) in [6, 6.07) is 0.192. The Hall–Kier alpha value is -0.900. The number of hydrogen-bond donors (Lipinski definition) is 1. The zero-order chi connectivity index (χ0) is 11.1. The molecule has 0 fully saturated rings. The van der Waals surface area contributed by atoms with Gasteiger partial charge in [-0.2, -0.15) is 0 Å². The van der Waals surface area contributed by atoms with E-state index in [0.717, 1.165) is 25.2 Å². The van der Waals surface area contributed by atoms with Gasteiger partial charge in [0, 0.05) is 6.42 Å². The minimum Gasteiger partial charge on any atom is -0.424 e. The molecular formula is C11H21N3O. The van der Waals surface area contributed by atoms with Crippen LogP contribution in [-0.2, 0) is 6.42 Å². The summed E-state index contributed by atoms with van der Waals surface area (Å²) in [5.74, 6) is 1.48. The molecule has 0 radical (unpaired) electrons. The summed E-state index contributed by atoms with van der Waals surface area (Å²) in [6.45, 7) is 4.29. The molecule has 1 rings (SSSR count). The molecule has 4 nitrogen and oxygen atoms in total. The molecule has 0 saturated carbocycles. The third-order valence-electron chi connectivity index (χ3n) is 2.53. The second kappa shape index (κ2) is 6.56. The smallest absolute Gasteiger partial charge is 0.233 e.